The summed E-state index contributed by atoms with van der Waals surface area (Å²) in [4.78, 5) is 27.3. The zero-order chi connectivity index (χ0) is 15.0. The summed E-state index contributed by atoms with van der Waals surface area (Å²) in [5, 5.41) is 9.02. The zero-order valence-corrected chi connectivity index (χ0v) is 11.1. The number of rotatable bonds is 3. The molecule has 0 radical (unpaired) electrons. The molecule has 0 spiro atoms. The van der Waals surface area contributed by atoms with E-state index in [2.05, 4.69) is 4.98 Å². The maximum atomic E-state index is 12.3. The minimum atomic E-state index is -1.31. The van der Waals surface area contributed by atoms with Gasteiger partial charge in [0.25, 0.3) is 5.56 Å². The molecule has 0 saturated carbocycles. The summed E-state index contributed by atoms with van der Waals surface area (Å²) in [5.41, 5.74) is 0.0132. The molecule has 0 aliphatic rings. The van der Waals surface area contributed by atoms with Crippen molar-refractivity contribution in [1.29, 1.82) is 0 Å². The molecule has 7 heteroatoms. The maximum absolute atomic E-state index is 12.3. The Morgan fingerprint density at radius 1 is 1.33 bits per heavy atom. The summed E-state index contributed by atoms with van der Waals surface area (Å²) < 4.78 is 7.88. The lowest BCUT2D eigenvalue weighted by atomic mass is 10.3. The van der Waals surface area contributed by atoms with Gasteiger partial charge in [-0.3, -0.25) is 9.48 Å². The highest BCUT2D eigenvalue weighted by atomic mass is 16.5. The van der Waals surface area contributed by atoms with Gasteiger partial charge in [-0.15, -0.1) is 0 Å². The highest BCUT2D eigenvalue weighted by Crippen LogP contribution is 2.16. The van der Waals surface area contributed by atoms with E-state index in [1.807, 2.05) is 0 Å². The van der Waals surface area contributed by atoms with Gasteiger partial charge >= 0.3 is 5.97 Å². The largest absolute Gasteiger partial charge is 0.497 e. The third kappa shape index (κ3) is 2.04. The van der Waals surface area contributed by atoms with Crippen LogP contribution in [0.25, 0.3) is 11.3 Å². The molecular weight excluding hydrogens is 274 g/mol. The monoisotopic (exact) mass is 285 g/mol. The molecule has 0 bridgehead atoms. The first-order chi connectivity index (χ1) is 10.1. The van der Waals surface area contributed by atoms with Crippen molar-refractivity contribution >= 4 is 11.6 Å². The first-order valence-electron chi connectivity index (χ1n) is 6.09. The molecular formula is C14H11N3O4. The van der Waals surface area contributed by atoms with Gasteiger partial charge in [0.2, 0.25) is 0 Å². The number of fused-ring (bicyclic) bond motifs is 1. The van der Waals surface area contributed by atoms with Gasteiger partial charge in [0.05, 0.1) is 12.8 Å². The molecule has 2 aromatic heterocycles. The smallest absolute Gasteiger partial charge is 0.343 e. The molecule has 0 amide bonds. The number of carboxylic acid groups (broad SMARTS) is 1. The van der Waals surface area contributed by atoms with Crippen LogP contribution in [0.15, 0.2) is 47.5 Å². The van der Waals surface area contributed by atoms with Crippen LogP contribution >= 0.6 is 0 Å². The molecule has 0 aliphatic carbocycles. The van der Waals surface area contributed by atoms with Crippen LogP contribution < -0.4 is 10.3 Å². The average molecular weight is 285 g/mol. The van der Waals surface area contributed by atoms with E-state index >= 15 is 0 Å². The Kier molecular flexibility index (Phi) is 2.94. The van der Waals surface area contributed by atoms with Crippen LogP contribution in [0.3, 0.4) is 0 Å². The number of hydrogen-bond donors (Lipinski definition) is 1. The molecule has 3 aromatic rings. The van der Waals surface area contributed by atoms with Crippen LogP contribution in [0.2, 0.25) is 0 Å². The Morgan fingerprint density at radius 2 is 2.14 bits per heavy atom. The van der Waals surface area contributed by atoms with Crippen LogP contribution in [0.5, 0.6) is 5.75 Å². The van der Waals surface area contributed by atoms with E-state index in [1.54, 1.807) is 43.6 Å². The second-order valence-corrected chi connectivity index (χ2v) is 4.31. The van der Waals surface area contributed by atoms with E-state index < -0.39 is 11.5 Å². The molecule has 1 N–H and O–H groups in total. The molecule has 0 aliphatic heterocycles. The van der Waals surface area contributed by atoms with Crippen LogP contribution in [0, 0.1) is 0 Å². The van der Waals surface area contributed by atoms with Gasteiger partial charge in [-0.1, -0.05) is 6.07 Å². The fourth-order valence-electron chi connectivity index (χ4n) is 2.09. The van der Waals surface area contributed by atoms with E-state index in [0.717, 1.165) is 6.20 Å². The summed E-state index contributed by atoms with van der Waals surface area (Å²) in [7, 11) is 1.54. The van der Waals surface area contributed by atoms with Crippen molar-refractivity contribution in [2.75, 3.05) is 7.11 Å². The summed E-state index contributed by atoms with van der Waals surface area (Å²) in [6, 6.07) is 8.70. The van der Waals surface area contributed by atoms with Crippen LogP contribution in [-0.2, 0) is 0 Å². The number of ether oxygens (including phenoxy) is 1. The SMILES string of the molecule is COc1cccc(-n2ccc3ncc(C(=O)O)c(=O)n32)c1. The Morgan fingerprint density at radius 3 is 2.86 bits per heavy atom. The number of methoxy groups -OCH3 is 1. The molecule has 1 aromatic carbocycles. The van der Waals surface area contributed by atoms with Crippen molar-refractivity contribution in [3.8, 4) is 11.4 Å². The molecule has 21 heavy (non-hydrogen) atoms. The van der Waals surface area contributed by atoms with Crippen molar-refractivity contribution in [2.24, 2.45) is 0 Å². The van der Waals surface area contributed by atoms with Gasteiger partial charge in [-0.2, -0.15) is 4.52 Å². The quantitative estimate of drug-likeness (QED) is 0.781. The fraction of sp³-hybridized carbons (Fsp3) is 0.0714. The highest BCUT2D eigenvalue weighted by Gasteiger charge is 2.14. The Balaban J connectivity index is 2.30. The van der Waals surface area contributed by atoms with E-state index in [1.165, 1.54) is 9.20 Å². The van der Waals surface area contributed by atoms with Gasteiger partial charge in [0.1, 0.15) is 11.3 Å². The van der Waals surface area contributed by atoms with Gasteiger partial charge in [-0.25, -0.2) is 9.78 Å². The van der Waals surface area contributed by atoms with Gasteiger partial charge in [0, 0.05) is 24.5 Å². The van der Waals surface area contributed by atoms with Crippen LogP contribution in [0.1, 0.15) is 10.4 Å². The minimum absolute atomic E-state index is 0.368. The van der Waals surface area contributed by atoms with Crippen molar-refractivity contribution < 1.29 is 14.6 Å². The lowest BCUT2D eigenvalue weighted by Gasteiger charge is -2.08. The Hall–Kier alpha value is -3.09. The van der Waals surface area contributed by atoms with Crippen molar-refractivity contribution in [3.05, 3.63) is 58.6 Å². The average Bonchev–Trinajstić information content (AvgIpc) is 2.92. The number of aromatic nitrogens is 3. The molecule has 3 rings (SSSR count). The third-order valence-electron chi connectivity index (χ3n) is 3.09. The molecule has 7 nitrogen and oxygen atoms in total. The first-order valence-corrected chi connectivity index (χ1v) is 6.09. The summed E-state index contributed by atoms with van der Waals surface area (Å²) in [6.45, 7) is 0. The standard InChI is InChI=1S/C14H11N3O4/c1-21-10-4-2-3-9(7-10)16-6-5-12-15-8-11(14(19)20)13(18)17(12)16/h2-8H,1H3,(H,19,20). The number of nitrogens with zero attached hydrogens (tertiary/aromatic N) is 3. The number of benzene rings is 1. The van der Waals surface area contributed by atoms with E-state index in [0.29, 0.717) is 17.1 Å². The van der Waals surface area contributed by atoms with E-state index in [-0.39, 0.29) is 5.56 Å². The zero-order valence-electron chi connectivity index (χ0n) is 11.1. The Bertz CT molecular complexity index is 895. The van der Waals surface area contributed by atoms with E-state index in [4.69, 9.17) is 9.84 Å². The van der Waals surface area contributed by atoms with Gasteiger partial charge in [0.15, 0.2) is 5.65 Å². The molecule has 0 saturated heterocycles. The van der Waals surface area contributed by atoms with Crippen molar-refractivity contribution in [2.45, 2.75) is 0 Å². The van der Waals surface area contributed by atoms with Crippen molar-refractivity contribution in [1.82, 2.24) is 14.2 Å². The van der Waals surface area contributed by atoms with E-state index in [9.17, 15) is 9.59 Å². The molecule has 0 fully saturated rings. The second kappa shape index (κ2) is 4.78. The van der Waals surface area contributed by atoms with Crippen molar-refractivity contribution in [3.63, 3.8) is 0 Å². The normalized spacial score (nSPS) is 10.7. The highest BCUT2D eigenvalue weighted by molar-refractivity contribution is 5.86. The number of hydrogen-bond acceptors (Lipinski definition) is 4. The fourth-order valence-corrected chi connectivity index (χ4v) is 2.09. The lowest BCUT2D eigenvalue weighted by Crippen LogP contribution is -2.26. The molecule has 2 heterocycles. The number of carboxylic acids is 1. The molecule has 0 atom stereocenters. The summed E-state index contributed by atoms with van der Waals surface area (Å²) in [5.74, 6) is -0.676. The summed E-state index contributed by atoms with van der Waals surface area (Å²) in [6.07, 6.45) is 2.71. The Labute approximate surface area is 118 Å². The first kappa shape index (κ1) is 12.9. The van der Waals surface area contributed by atoms with Crippen LogP contribution in [-0.4, -0.2) is 32.4 Å². The number of aromatic carboxylic acids is 1. The van der Waals surface area contributed by atoms with Gasteiger partial charge < -0.3 is 9.84 Å². The maximum Gasteiger partial charge on any atom is 0.343 e. The number of carbonyl (C=O) groups is 1. The van der Waals surface area contributed by atoms with Crippen LogP contribution in [0.4, 0.5) is 0 Å². The minimum Gasteiger partial charge on any atom is -0.497 e. The predicted octanol–water partition coefficient (Wildman–Crippen LogP) is 1.19. The second-order valence-electron chi connectivity index (χ2n) is 4.31. The lowest BCUT2D eigenvalue weighted by molar-refractivity contribution is 0.0694. The summed E-state index contributed by atoms with van der Waals surface area (Å²) >= 11 is 0. The third-order valence-corrected chi connectivity index (χ3v) is 3.09. The topological polar surface area (TPSA) is 85.8 Å². The predicted molar refractivity (Wildman–Crippen MR) is 74.3 cm³/mol. The molecule has 106 valence electrons. The molecule has 0 unspecified atom stereocenters. The van der Waals surface area contributed by atoms with Gasteiger partial charge in [-0.05, 0) is 12.1 Å².